The molecule has 1 heterocycles. The molecule has 0 aliphatic carbocycles. The third kappa shape index (κ3) is 5.38. The molecule has 2 N–H and O–H groups in total. The molecule has 0 bridgehead atoms. The molecule has 1 atom stereocenters. The minimum Gasteiger partial charge on any atom is -0.353 e. The van der Waals surface area contributed by atoms with Gasteiger partial charge in [0.1, 0.15) is 0 Å². The van der Waals surface area contributed by atoms with Crippen LogP contribution in [0.4, 0.5) is 5.69 Å². The van der Waals surface area contributed by atoms with Gasteiger partial charge in [0, 0.05) is 22.0 Å². The minimum atomic E-state index is -0.510. The van der Waals surface area contributed by atoms with E-state index in [1.807, 2.05) is 43.3 Å². The average molecular weight is 452 g/mol. The third-order valence-electron chi connectivity index (χ3n) is 4.91. The number of dihydropyridines is 1. The molecule has 0 radical (unpaired) electrons. The quantitative estimate of drug-likeness (QED) is 0.622. The molecule has 7 heteroatoms. The SMILES string of the molecule is CC(=O)C1=C(C)NC(SCC(=O)Nc2ccc(C)cc2)=C(C#N)C1c1ccc(Cl)cc1. The number of ketones is 1. The van der Waals surface area contributed by atoms with Gasteiger partial charge in [-0.1, -0.05) is 53.2 Å². The van der Waals surface area contributed by atoms with E-state index in [2.05, 4.69) is 16.7 Å². The Morgan fingerprint density at radius 1 is 1.13 bits per heavy atom. The fraction of sp³-hybridized carbons (Fsp3) is 0.208. The number of nitrogens with zero attached hydrogens (tertiary/aromatic N) is 1. The number of hydrogen-bond donors (Lipinski definition) is 2. The molecule has 0 spiro atoms. The fourth-order valence-corrected chi connectivity index (χ4v) is 4.47. The summed E-state index contributed by atoms with van der Waals surface area (Å²) < 4.78 is 0. The van der Waals surface area contributed by atoms with E-state index < -0.39 is 5.92 Å². The summed E-state index contributed by atoms with van der Waals surface area (Å²) in [5.74, 6) is -0.678. The van der Waals surface area contributed by atoms with Crippen molar-refractivity contribution in [2.24, 2.45) is 0 Å². The van der Waals surface area contributed by atoms with Crippen molar-refractivity contribution in [1.82, 2.24) is 5.32 Å². The van der Waals surface area contributed by atoms with Gasteiger partial charge in [-0.05, 0) is 50.6 Å². The second-order valence-corrected chi connectivity index (χ2v) is 8.68. The molecule has 2 aromatic carbocycles. The number of rotatable bonds is 6. The molecular formula is C24H22ClN3O2S. The van der Waals surface area contributed by atoms with Crippen molar-refractivity contribution in [3.63, 3.8) is 0 Å². The Bertz CT molecular complexity index is 1110. The number of halogens is 1. The van der Waals surface area contributed by atoms with Crippen LogP contribution in [-0.2, 0) is 9.59 Å². The maximum absolute atomic E-state index is 12.4. The Morgan fingerprint density at radius 3 is 2.35 bits per heavy atom. The zero-order chi connectivity index (χ0) is 22.5. The highest BCUT2D eigenvalue weighted by Crippen LogP contribution is 2.41. The monoisotopic (exact) mass is 451 g/mol. The first-order chi connectivity index (χ1) is 14.8. The number of Topliss-reactive ketones (excluding diaryl/α,β-unsaturated/α-hetero) is 1. The van der Waals surface area contributed by atoms with E-state index in [0.717, 1.165) is 16.8 Å². The summed E-state index contributed by atoms with van der Waals surface area (Å²) >= 11 is 7.26. The van der Waals surface area contributed by atoms with E-state index in [9.17, 15) is 14.9 Å². The molecule has 1 amide bonds. The Balaban J connectivity index is 1.86. The molecule has 5 nitrogen and oxygen atoms in total. The van der Waals surface area contributed by atoms with Crippen molar-refractivity contribution in [1.29, 1.82) is 5.26 Å². The number of benzene rings is 2. The van der Waals surface area contributed by atoms with Gasteiger partial charge in [0.05, 0.1) is 28.3 Å². The number of thioether (sulfide) groups is 1. The first-order valence-electron chi connectivity index (χ1n) is 9.68. The van der Waals surface area contributed by atoms with Crippen LogP contribution in [0.1, 0.15) is 30.9 Å². The van der Waals surface area contributed by atoms with Crippen molar-refractivity contribution in [3.8, 4) is 6.07 Å². The van der Waals surface area contributed by atoms with Gasteiger partial charge in [0.15, 0.2) is 5.78 Å². The van der Waals surface area contributed by atoms with Crippen molar-refractivity contribution in [2.75, 3.05) is 11.1 Å². The lowest BCUT2D eigenvalue weighted by Gasteiger charge is -2.29. The molecule has 3 rings (SSSR count). The van der Waals surface area contributed by atoms with Gasteiger partial charge >= 0.3 is 0 Å². The van der Waals surface area contributed by atoms with Gasteiger partial charge in [0.2, 0.25) is 5.91 Å². The number of anilines is 1. The Labute approximate surface area is 191 Å². The number of carbonyl (C=O) groups is 2. The largest absolute Gasteiger partial charge is 0.353 e. The van der Waals surface area contributed by atoms with Crippen molar-refractivity contribution in [3.05, 3.63) is 86.6 Å². The number of amides is 1. The van der Waals surface area contributed by atoms with E-state index >= 15 is 0 Å². The lowest BCUT2D eigenvalue weighted by molar-refractivity contribution is -0.114. The molecule has 31 heavy (non-hydrogen) atoms. The standard InChI is InChI=1S/C24H22ClN3O2S/c1-14-4-10-19(11-5-14)28-21(30)13-31-24-20(12-26)23(17-6-8-18(25)9-7-17)22(16(3)29)15(2)27-24/h4-11,23,27H,13H2,1-3H3,(H,28,30). The van der Waals surface area contributed by atoms with Crippen LogP contribution in [0.3, 0.4) is 0 Å². The van der Waals surface area contributed by atoms with Crippen LogP contribution in [-0.4, -0.2) is 17.4 Å². The lowest BCUT2D eigenvalue weighted by atomic mass is 9.81. The minimum absolute atomic E-state index is 0.112. The van der Waals surface area contributed by atoms with Crippen molar-refractivity contribution in [2.45, 2.75) is 26.7 Å². The lowest BCUT2D eigenvalue weighted by Crippen LogP contribution is -2.27. The number of nitrogens with one attached hydrogen (secondary N) is 2. The second kappa shape index (κ2) is 9.86. The van der Waals surface area contributed by atoms with Crippen LogP contribution in [0.2, 0.25) is 5.02 Å². The summed E-state index contributed by atoms with van der Waals surface area (Å²) in [6.45, 7) is 5.28. The summed E-state index contributed by atoms with van der Waals surface area (Å²) in [7, 11) is 0. The van der Waals surface area contributed by atoms with Crippen LogP contribution < -0.4 is 10.6 Å². The highest BCUT2D eigenvalue weighted by molar-refractivity contribution is 8.03. The Kier molecular flexibility index (Phi) is 7.21. The van der Waals surface area contributed by atoms with E-state index in [4.69, 9.17) is 11.6 Å². The predicted molar refractivity (Wildman–Crippen MR) is 126 cm³/mol. The summed E-state index contributed by atoms with van der Waals surface area (Å²) in [5, 5.41) is 17.1. The maximum Gasteiger partial charge on any atom is 0.234 e. The number of allylic oxidation sites excluding steroid dienone is 3. The summed E-state index contributed by atoms with van der Waals surface area (Å²) in [6, 6.07) is 16.9. The normalized spacial score (nSPS) is 15.9. The van der Waals surface area contributed by atoms with Crippen LogP contribution in [0.25, 0.3) is 0 Å². The predicted octanol–water partition coefficient (Wildman–Crippen LogP) is 5.31. The molecule has 0 saturated carbocycles. The Morgan fingerprint density at radius 2 is 1.77 bits per heavy atom. The number of aryl methyl sites for hydroxylation is 1. The van der Waals surface area contributed by atoms with Gasteiger partial charge < -0.3 is 10.6 Å². The second-order valence-electron chi connectivity index (χ2n) is 7.26. The molecule has 1 aliphatic heterocycles. The van der Waals surface area contributed by atoms with Crippen molar-refractivity contribution < 1.29 is 9.59 Å². The van der Waals surface area contributed by atoms with E-state index in [0.29, 0.717) is 26.9 Å². The first-order valence-corrected chi connectivity index (χ1v) is 11.0. The first kappa shape index (κ1) is 22.7. The van der Waals surface area contributed by atoms with Gasteiger partial charge in [-0.15, -0.1) is 0 Å². The zero-order valence-corrected chi connectivity index (χ0v) is 19.0. The van der Waals surface area contributed by atoms with Crippen molar-refractivity contribution >= 4 is 40.7 Å². The van der Waals surface area contributed by atoms with Gasteiger partial charge in [0.25, 0.3) is 0 Å². The van der Waals surface area contributed by atoms with Gasteiger partial charge in [-0.25, -0.2) is 0 Å². The smallest absolute Gasteiger partial charge is 0.234 e. The Hall–Kier alpha value is -3.01. The highest BCUT2D eigenvalue weighted by atomic mass is 35.5. The summed E-state index contributed by atoms with van der Waals surface area (Å²) in [4.78, 5) is 24.8. The average Bonchev–Trinajstić information content (AvgIpc) is 2.73. The number of hydrogen-bond acceptors (Lipinski definition) is 5. The summed E-state index contributed by atoms with van der Waals surface area (Å²) in [5.41, 5.74) is 4.25. The van der Waals surface area contributed by atoms with E-state index in [1.165, 1.54) is 18.7 Å². The highest BCUT2D eigenvalue weighted by Gasteiger charge is 2.33. The number of carbonyl (C=O) groups excluding carboxylic acids is 2. The fourth-order valence-electron chi connectivity index (χ4n) is 3.45. The molecule has 2 aromatic rings. The van der Waals surface area contributed by atoms with E-state index in [-0.39, 0.29) is 17.4 Å². The zero-order valence-electron chi connectivity index (χ0n) is 17.5. The van der Waals surface area contributed by atoms with Crippen LogP contribution in [0.5, 0.6) is 0 Å². The van der Waals surface area contributed by atoms with E-state index in [1.54, 1.807) is 19.1 Å². The molecule has 0 saturated heterocycles. The van der Waals surface area contributed by atoms with Crippen LogP contribution >= 0.6 is 23.4 Å². The maximum atomic E-state index is 12.4. The molecule has 1 unspecified atom stereocenters. The van der Waals surface area contributed by atoms with Crippen LogP contribution in [0, 0.1) is 18.3 Å². The summed E-state index contributed by atoms with van der Waals surface area (Å²) in [6.07, 6.45) is 0. The van der Waals surface area contributed by atoms with Gasteiger partial charge in [-0.3, -0.25) is 9.59 Å². The molecule has 158 valence electrons. The number of nitriles is 1. The molecule has 1 aliphatic rings. The molecule has 0 fully saturated rings. The van der Waals surface area contributed by atoms with Gasteiger partial charge in [-0.2, -0.15) is 5.26 Å². The molecule has 0 aromatic heterocycles. The van der Waals surface area contributed by atoms with Crippen LogP contribution in [0.15, 0.2) is 70.4 Å². The molecular weight excluding hydrogens is 430 g/mol. The topological polar surface area (TPSA) is 82.0 Å². The third-order valence-corrected chi connectivity index (χ3v) is 6.18.